The topological polar surface area (TPSA) is 173 Å². The molecule has 0 aromatic heterocycles. The van der Waals surface area contributed by atoms with Crippen molar-refractivity contribution in [1.82, 2.24) is 20.3 Å². The van der Waals surface area contributed by atoms with E-state index in [2.05, 4.69) is 20.1 Å². The van der Waals surface area contributed by atoms with Gasteiger partial charge in [-0.1, -0.05) is 30.3 Å². The number of imide groups is 2. The highest BCUT2D eigenvalue weighted by Gasteiger charge is 2.56. The Morgan fingerprint density at radius 3 is 2.04 bits per heavy atom. The van der Waals surface area contributed by atoms with Crippen LogP contribution in [0.25, 0.3) is 0 Å². The van der Waals surface area contributed by atoms with E-state index < -0.39 is 45.7 Å². The summed E-state index contributed by atoms with van der Waals surface area (Å²) < 4.78 is 43.2. The maximum Gasteiger partial charge on any atom is 0.508 e. The number of nitrogens with zero attached hydrogens (tertiary/aromatic N) is 2. The number of hydrogen-bond donors (Lipinski definition) is 3. The molecule has 0 aliphatic carbocycles. The van der Waals surface area contributed by atoms with Gasteiger partial charge in [0.05, 0.1) is 11.4 Å². The fourth-order valence-electron chi connectivity index (χ4n) is 5.53. The number of rotatable bonds is 9. The summed E-state index contributed by atoms with van der Waals surface area (Å²) >= 11 is 0. The summed E-state index contributed by atoms with van der Waals surface area (Å²) in [5.41, 5.74) is -0.677. The van der Waals surface area contributed by atoms with E-state index in [1.54, 1.807) is 53.4 Å². The van der Waals surface area contributed by atoms with E-state index in [1.165, 1.54) is 12.1 Å². The van der Waals surface area contributed by atoms with Crippen molar-refractivity contribution in [3.05, 3.63) is 84.4 Å². The molecule has 1 unspecified atom stereocenters. The average molecular weight is 636 g/mol. The Morgan fingerprint density at radius 1 is 0.822 bits per heavy atom. The summed E-state index contributed by atoms with van der Waals surface area (Å²) in [7, 11) is -3.86. The molecule has 1 atom stereocenters. The van der Waals surface area contributed by atoms with Crippen LogP contribution in [-0.4, -0.2) is 82.8 Å². The monoisotopic (exact) mass is 635 g/mol. The Morgan fingerprint density at radius 2 is 1.44 bits per heavy atom. The van der Waals surface area contributed by atoms with E-state index >= 15 is 0 Å². The first-order valence-electron chi connectivity index (χ1n) is 14.1. The van der Waals surface area contributed by atoms with Crippen molar-refractivity contribution in [3.8, 4) is 11.5 Å². The summed E-state index contributed by atoms with van der Waals surface area (Å²) in [6.45, 7) is 1.23. The Bertz CT molecular complexity index is 1690. The molecule has 0 saturated carbocycles. The van der Waals surface area contributed by atoms with E-state index in [9.17, 15) is 27.6 Å². The standard InChI is InChI=1S/C30H29N5O9S/c36-26-30(27(37)33-28(38)32-26,20-6-10-23(11-7-20)43-22-4-2-1-3-5-22)35-16-14-34(15-17-35)21-8-12-25(13-9-21)45(40,41)31-18-24-19-42-29(39)44-24/h1-13,24,31H,14-19H2,(H2,32,33,36,37,38). The number of carbonyl (C=O) groups excluding carboxylic acids is 4. The highest BCUT2D eigenvalue weighted by molar-refractivity contribution is 7.89. The zero-order valence-electron chi connectivity index (χ0n) is 23.8. The summed E-state index contributed by atoms with van der Waals surface area (Å²) in [6, 6.07) is 21.1. The fourth-order valence-corrected chi connectivity index (χ4v) is 6.60. The number of sulfonamides is 1. The lowest BCUT2D eigenvalue weighted by atomic mass is 9.84. The molecule has 3 fully saturated rings. The van der Waals surface area contributed by atoms with Crippen LogP contribution in [0.3, 0.4) is 0 Å². The second-order valence-electron chi connectivity index (χ2n) is 10.5. The van der Waals surface area contributed by atoms with Crippen LogP contribution in [0, 0.1) is 0 Å². The molecule has 0 spiro atoms. The summed E-state index contributed by atoms with van der Waals surface area (Å²) in [4.78, 5) is 53.8. The maximum atomic E-state index is 13.5. The van der Waals surface area contributed by atoms with E-state index in [0.29, 0.717) is 30.2 Å². The highest BCUT2D eigenvalue weighted by Crippen LogP contribution is 2.35. The van der Waals surface area contributed by atoms with Gasteiger partial charge in [0, 0.05) is 31.9 Å². The largest absolute Gasteiger partial charge is 0.508 e. The van der Waals surface area contributed by atoms with Crippen molar-refractivity contribution in [2.24, 2.45) is 0 Å². The summed E-state index contributed by atoms with van der Waals surface area (Å²) in [5.74, 6) is -0.359. The van der Waals surface area contributed by atoms with Crippen LogP contribution in [0.1, 0.15) is 5.56 Å². The molecule has 3 aliphatic rings. The first kappa shape index (κ1) is 30.1. The predicted octanol–water partition coefficient (Wildman–Crippen LogP) is 1.68. The third-order valence-electron chi connectivity index (χ3n) is 7.78. The van der Waals surface area contributed by atoms with Gasteiger partial charge in [0.25, 0.3) is 11.8 Å². The van der Waals surface area contributed by atoms with Gasteiger partial charge < -0.3 is 19.1 Å². The van der Waals surface area contributed by atoms with Crippen LogP contribution in [-0.2, 0) is 34.6 Å². The number of nitrogens with one attached hydrogen (secondary N) is 3. The summed E-state index contributed by atoms with van der Waals surface area (Å²) in [5, 5.41) is 4.51. The normalized spacial score (nSPS) is 20.2. The molecule has 3 heterocycles. The molecular weight excluding hydrogens is 606 g/mol. The molecule has 3 aromatic rings. The minimum absolute atomic E-state index is 0.0266. The number of urea groups is 1. The van der Waals surface area contributed by atoms with Crippen molar-refractivity contribution >= 4 is 39.7 Å². The number of amides is 4. The molecule has 4 amide bonds. The van der Waals surface area contributed by atoms with Crippen molar-refractivity contribution < 1.29 is 41.8 Å². The number of carbonyl (C=O) groups is 4. The third-order valence-corrected chi connectivity index (χ3v) is 9.22. The molecule has 234 valence electrons. The quantitative estimate of drug-likeness (QED) is 0.231. The van der Waals surface area contributed by atoms with E-state index in [0.717, 1.165) is 5.69 Å². The van der Waals surface area contributed by atoms with Gasteiger partial charge in [-0.25, -0.2) is 22.7 Å². The lowest BCUT2D eigenvalue weighted by Crippen LogP contribution is -2.73. The van der Waals surface area contributed by atoms with E-state index in [-0.39, 0.29) is 31.1 Å². The smallest absolute Gasteiger partial charge is 0.457 e. The SMILES string of the molecule is O=C1NC(=O)C(c2ccc(Oc3ccccc3)cc2)(N2CCN(c3ccc(S(=O)(=O)NCC4COC(=O)O4)cc3)CC2)C(=O)N1. The Kier molecular flexibility index (Phi) is 8.14. The lowest BCUT2D eigenvalue weighted by Gasteiger charge is -2.47. The maximum absolute atomic E-state index is 13.5. The van der Waals surface area contributed by atoms with Gasteiger partial charge in [0.1, 0.15) is 18.1 Å². The molecule has 15 heteroatoms. The molecule has 3 aliphatic heterocycles. The third kappa shape index (κ3) is 6.05. The van der Waals surface area contributed by atoms with Crippen LogP contribution < -0.4 is 25.0 Å². The molecule has 3 saturated heterocycles. The Labute approximate surface area is 258 Å². The molecule has 3 aromatic carbocycles. The zero-order valence-corrected chi connectivity index (χ0v) is 24.6. The van der Waals surface area contributed by atoms with Crippen LogP contribution in [0.15, 0.2) is 83.8 Å². The molecule has 6 rings (SSSR count). The van der Waals surface area contributed by atoms with Crippen LogP contribution in [0.4, 0.5) is 15.3 Å². The van der Waals surface area contributed by atoms with Crippen LogP contribution >= 0.6 is 0 Å². The predicted molar refractivity (Wildman–Crippen MR) is 158 cm³/mol. The molecule has 45 heavy (non-hydrogen) atoms. The fraction of sp³-hybridized carbons (Fsp3) is 0.267. The second kappa shape index (κ2) is 12.2. The van der Waals surface area contributed by atoms with Gasteiger partial charge in [0.15, 0.2) is 6.10 Å². The van der Waals surface area contributed by atoms with Gasteiger partial charge in [-0.05, 0) is 54.1 Å². The van der Waals surface area contributed by atoms with Crippen molar-refractivity contribution in [1.29, 1.82) is 0 Å². The Hall–Kier alpha value is -4.99. The van der Waals surface area contributed by atoms with Crippen molar-refractivity contribution in [3.63, 3.8) is 0 Å². The van der Waals surface area contributed by atoms with Crippen molar-refractivity contribution in [2.75, 3.05) is 44.2 Å². The molecule has 0 bridgehead atoms. The average Bonchev–Trinajstić information content (AvgIpc) is 3.46. The lowest BCUT2D eigenvalue weighted by molar-refractivity contribution is -0.149. The van der Waals surface area contributed by atoms with E-state index in [1.807, 2.05) is 23.1 Å². The molecule has 3 N–H and O–H groups in total. The number of anilines is 1. The zero-order chi connectivity index (χ0) is 31.6. The molecule has 0 radical (unpaired) electrons. The number of hydrogen-bond acceptors (Lipinski definition) is 11. The number of ether oxygens (including phenoxy) is 3. The van der Waals surface area contributed by atoms with Crippen molar-refractivity contribution in [2.45, 2.75) is 16.5 Å². The number of benzene rings is 3. The summed E-state index contributed by atoms with van der Waals surface area (Å²) in [6.07, 6.45) is -1.53. The highest BCUT2D eigenvalue weighted by atomic mass is 32.2. The number of piperazine rings is 1. The minimum Gasteiger partial charge on any atom is -0.457 e. The number of para-hydroxylation sites is 1. The minimum atomic E-state index is -3.86. The van der Waals surface area contributed by atoms with Gasteiger partial charge in [0.2, 0.25) is 15.6 Å². The first-order valence-corrected chi connectivity index (χ1v) is 15.6. The first-order chi connectivity index (χ1) is 21.6. The molecule has 14 nitrogen and oxygen atoms in total. The van der Waals surface area contributed by atoms with Crippen LogP contribution in [0.5, 0.6) is 11.5 Å². The number of cyclic esters (lactones) is 2. The second-order valence-corrected chi connectivity index (χ2v) is 12.3. The van der Waals surface area contributed by atoms with Gasteiger partial charge in [-0.3, -0.25) is 25.1 Å². The van der Waals surface area contributed by atoms with Gasteiger partial charge in [-0.2, -0.15) is 0 Å². The van der Waals surface area contributed by atoms with E-state index in [4.69, 9.17) is 9.47 Å². The van der Waals surface area contributed by atoms with Gasteiger partial charge >= 0.3 is 12.2 Å². The molecular formula is C30H29N5O9S. The Balaban J connectivity index is 1.16. The van der Waals surface area contributed by atoms with Gasteiger partial charge in [-0.15, -0.1) is 0 Å². The number of barbiturate groups is 1. The van der Waals surface area contributed by atoms with Crippen LogP contribution in [0.2, 0.25) is 0 Å².